The van der Waals surface area contributed by atoms with Gasteiger partial charge in [-0.15, -0.1) is 0 Å². The van der Waals surface area contributed by atoms with Crippen LogP contribution >= 0.6 is 0 Å². The monoisotopic (exact) mass is 528 g/mol. The normalized spacial score (nSPS) is 15.9. The summed E-state index contributed by atoms with van der Waals surface area (Å²) in [6, 6.07) is 11.0. The zero-order valence-corrected chi connectivity index (χ0v) is 21.2. The molecule has 0 bridgehead atoms. The van der Waals surface area contributed by atoms with E-state index in [1.54, 1.807) is 17.0 Å². The highest BCUT2D eigenvalue weighted by atomic mass is 19.4. The fourth-order valence-corrected chi connectivity index (χ4v) is 4.91. The molecule has 3 aromatic rings. The van der Waals surface area contributed by atoms with Gasteiger partial charge in [-0.2, -0.15) is 18.2 Å². The molecule has 0 atom stereocenters. The third-order valence-electron chi connectivity index (χ3n) is 6.95. The number of anilines is 3. The summed E-state index contributed by atoms with van der Waals surface area (Å²) in [5.41, 5.74) is 1.69. The van der Waals surface area contributed by atoms with Gasteiger partial charge in [0.15, 0.2) is 0 Å². The second-order valence-electron chi connectivity index (χ2n) is 9.64. The number of carbonyl (C=O) groups is 1. The number of fused-ring (bicyclic) bond motifs is 1. The number of aromatic nitrogens is 2. The molecular weight excluding hydrogens is 500 g/mol. The van der Waals surface area contributed by atoms with Crippen LogP contribution in [0.25, 0.3) is 0 Å². The summed E-state index contributed by atoms with van der Waals surface area (Å²) in [6.45, 7) is 3.21. The van der Waals surface area contributed by atoms with Crippen LogP contribution in [0.3, 0.4) is 0 Å². The van der Waals surface area contributed by atoms with Crippen LogP contribution in [0.5, 0.6) is 0 Å². The first-order valence-corrected chi connectivity index (χ1v) is 12.4. The molecule has 3 heterocycles. The largest absolute Gasteiger partial charge is 0.416 e. The van der Waals surface area contributed by atoms with Gasteiger partial charge in [0.05, 0.1) is 23.5 Å². The number of benzene rings is 2. The number of para-hydroxylation sites is 1. The van der Waals surface area contributed by atoms with E-state index >= 15 is 0 Å². The van der Waals surface area contributed by atoms with Crippen molar-refractivity contribution >= 4 is 23.4 Å². The number of alkyl halides is 3. The van der Waals surface area contributed by atoms with Crippen molar-refractivity contribution in [2.75, 3.05) is 61.5 Å². The van der Waals surface area contributed by atoms with Gasteiger partial charge < -0.3 is 19.6 Å². The molecule has 5 rings (SSSR count). The highest BCUT2D eigenvalue weighted by Gasteiger charge is 2.32. The van der Waals surface area contributed by atoms with Crippen molar-refractivity contribution in [3.8, 4) is 0 Å². The lowest BCUT2D eigenvalue weighted by Gasteiger charge is -2.37. The van der Waals surface area contributed by atoms with E-state index in [2.05, 4.69) is 4.90 Å². The maximum Gasteiger partial charge on any atom is 0.416 e. The van der Waals surface area contributed by atoms with Crippen LogP contribution in [0.2, 0.25) is 0 Å². The average molecular weight is 529 g/mol. The van der Waals surface area contributed by atoms with Crippen LogP contribution in [0, 0.1) is 5.82 Å². The van der Waals surface area contributed by atoms with Gasteiger partial charge in [0.25, 0.3) is 5.91 Å². The summed E-state index contributed by atoms with van der Waals surface area (Å²) in [7, 11) is 3.75. The van der Waals surface area contributed by atoms with E-state index < -0.39 is 11.7 Å². The van der Waals surface area contributed by atoms with Gasteiger partial charge in [-0.05, 0) is 36.4 Å². The molecule has 200 valence electrons. The van der Waals surface area contributed by atoms with Crippen molar-refractivity contribution in [2.24, 2.45) is 0 Å². The zero-order valence-electron chi connectivity index (χ0n) is 21.2. The summed E-state index contributed by atoms with van der Waals surface area (Å²) in [4.78, 5) is 30.3. The summed E-state index contributed by atoms with van der Waals surface area (Å²) in [6.07, 6.45) is -3.95. The number of amides is 1. The van der Waals surface area contributed by atoms with Crippen LogP contribution < -0.4 is 14.7 Å². The Balaban J connectivity index is 1.32. The molecule has 1 aromatic heterocycles. The minimum Gasteiger partial charge on any atom is -0.366 e. The lowest BCUT2D eigenvalue weighted by Crippen LogP contribution is -2.47. The van der Waals surface area contributed by atoms with E-state index in [1.165, 1.54) is 18.2 Å². The molecule has 0 radical (unpaired) electrons. The Bertz CT molecular complexity index is 1320. The van der Waals surface area contributed by atoms with E-state index in [0.717, 1.165) is 23.4 Å². The van der Waals surface area contributed by atoms with Crippen molar-refractivity contribution in [3.63, 3.8) is 0 Å². The second-order valence-corrected chi connectivity index (χ2v) is 9.64. The molecule has 0 unspecified atom stereocenters. The molecule has 2 aromatic carbocycles. The van der Waals surface area contributed by atoms with Gasteiger partial charge in [0.1, 0.15) is 11.6 Å². The van der Waals surface area contributed by atoms with Gasteiger partial charge >= 0.3 is 6.18 Å². The number of piperazine rings is 1. The Hall–Kier alpha value is -3.89. The van der Waals surface area contributed by atoms with Gasteiger partial charge in [-0.3, -0.25) is 4.79 Å². The molecular formula is C27H28F4N6O. The molecule has 2 aliphatic rings. The van der Waals surface area contributed by atoms with Crippen molar-refractivity contribution in [3.05, 3.63) is 76.7 Å². The van der Waals surface area contributed by atoms with Crippen LogP contribution in [-0.2, 0) is 19.1 Å². The average Bonchev–Trinajstić information content (AvgIpc) is 2.91. The lowest BCUT2D eigenvalue weighted by atomic mass is 10.0. The van der Waals surface area contributed by atoms with Gasteiger partial charge in [-0.25, -0.2) is 9.37 Å². The smallest absolute Gasteiger partial charge is 0.366 e. The molecule has 1 saturated heterocycles. The highest BCUT2D eigenvalue weighted by Crippen LogP contribution is 2.31. The first-order valence-electron chi connectivity index (χ1n) is 12.4. The molecule has 0 spiro atoms. The Morgan fingerprint density at radius 3 is 2.18 bits per heavy atom. The predicted molar refractivity (Wildman–Crippen MR) is 137 cm³/mol. The van der Waals surface area contributed by atoms with E-state index in [9.17, 15) is 22.4 Å². The standard InChI is InChI=1S/C27H28F4N6O/c1-34(2)24-20-17-37(25(38)18-7-9-19(10-8-18)27(29,30)31)12-11-22(20)32-26(33-24)36-15-13-35(14-16-36)23-6-4-3-5-21(23)28/h3-10H,11-17H2,1-2H3. The van der Waals surface area contributed by atoms with E-state index in [4.69, 9.17) is 9.97 Å². The fraction of sp³-hybridized carbons (Fsp3) is 0.370. The molecule has 11 heteroatoms. The second kappa shape index (κ2) is 10.1. The van der Waals surface area contributed by atoms with E-state index in [1.807, 2.05) is 30.0 Å². The maximum atomic E-state index is 14.2. The first kappa shape index (κ1) is 25.7. The molecule has 1 fully saturated rings. The number of hydrogen-bond donors (Lipinski definition) is 0. The summed E-state index contributed by atoms with van der Waals surface area (Å²) in [5.74, 6) is 0.730. The van der Waals surface area contributed by atoms with Gasteiger partial charge in [0, 0.05) is 64.4 Å². The number of hydrogen-bond acceptors (Lipinski definition) is 6. The molecule has 0 saturated carbocycles. The minimum absolute atomic E-state index is 0.207. The summed E-state index contributed by atoms with van der Waals surface area (Å²) in [5, 5.41) is 0. The zero-order chi connectivity index (χ0) is 27.0. The van der Waals surface area contributed by atoms with E-state index in [0.29, 0.717) is 56.6 Å². The molecule has 1 amide bonds. The minimum atomic E-state index is -4.45. The Morgan fingerprint density at radius 2 is 1.55 bits per heavy atom. The maximum absolute atomic E-state index is 14.2. The van der Waals surface area contributed by atoms with Crippen LogP contribution in [0.4, 0.5) is 35.0 Å². The van der Waals surface area contributed by atoms with Crippen molar-refractivity contribution < 1.29 is 22.4 Å². The number of halogens is 4. The van der Waals surface area contributed by atoms with E-state index in [-0.39, 0.29) is 23.8 Å². The van der Waals surface area contributed by atoms with Crippen molar-refractivity contribution in [1.29, 1.82) is 0 Å². The Morgan fingerprint density at radius 1 is 0.895 bits per heavy atom. The molecule has 38 heavy (non-hydrogen) atoms. The SMILES string of the molecule is CN(C)c1nc(N2CCN(c3ccccc3F)CC2)nc2c1CN(C(=O)c1ccc(C(F)(F)F)cc1)CC2. The molecule has 0 aliphatic carbocycles. The summed E-state index contributed by atoms with van der Waals surface area (Å²) < 4.78 is 52.9. The van der Waals surface area contributed by atoms with Gasteiger partial charge in [-0.1, -0.05) is 12.1 Å². The van der Waals surface area contributed by atoms with Gasteiger partial charge in [0.2, 0.25) is 5.95 Å². The quantitative estimate of drug-likeness (QED) is 0.473. The van der Waals surface area contributed by atoms with Crippen LogP contribution in [0.1, 0.15) is 27.2 Å². The molecule has 2 aliphatic heterocycles. The first-order chi connectivity index (χ1) is 18.1. The fourth-order valence-electron chi connectivity index (χ4n) is 4.91. The Labute approximate surface area is 218 Å². The third-order valence-corrected chi connectivity index (χ3v) is 6.95. The predicted octanol–water partition coefficient (Wildman–Crippen LogP) is 4.23. The highest BCUT2D eigenvalue weighted by molar-refractivity contribution is 5.94. The lowest BCUT2D eigenvalue weighted by molar-refractivity contribution is -0.137. The third kappa shape index (κ3) is 5.09. The summed E-state index contributed by atoms with van der Waals surface area (Å²) >= 11 is 0. The molecule has 7 nitrogen and oxygen atoms in total. The van der Waals surface area contributed by atoms with Crippen LogP contribution in [-0.4, -0.2) is 67.6 Å². The number of nitrogens with zero attached hydrogens (tertiary/aromatic N) is 6. The number of carbonyl (C=O) groups excluding carboxylic acids is 1. The van der Waals surface area contributed by atoms with Crippen molar-refractivity contribution in [1.82, 2.24) is 14.9 Å². The van der Waals surface area contributed by atoms with Crippen LogP contribution in [0.15, 0.2) is 48.5 Å². The number of rotatable bonds is 4. The van der Waals surface area contributed by atoms with Crippen molar-refractivity contribution in [2.45, 2.75) is 19.1 Å². The topological polar surface area (TPSA) is 55.8 Å². The molecule has 0 N–H and O–H groups in total. The Kier molecular flexibility index (Phi) is 6.85.